The van der Waals surface area contributed by atoms with Gasteiger partial charge in [-0.1, -0.05) is 17.3 Å². The lowest BCUT2D eigenvalue weighted by Gasteiger charge is -2.44. The van der Waals surface area contributed by atoms with Gasteiger partial charge >= 0.3 is 0 Å². The van der Waals surface area contributed by atoms with Crippen LogP contribution < -0.4 is 0 Å². The monoisotopic (exact) mass is 343 g/mol. The number of rotatable bonds is 5. The van der Waals surface area contributed by atoms with Crippen LogP contribution in [0.5, 0.6) is 0 Å². The zero-order valence-corrected chi connectivity index (χ0v) is 15.0. The molecule has 1 aromatic carbocycles. The van der Waals surface area contributed by atoms with Crippen molar-refractivity contribution in [1.29, 1.82) is 0 Å². The molecule has 0 N–H and O–H groups in total. The van der Waals surface area contributed by atoms with Crippen molar-refractivity contribution >= 4 is 5.91 Å². The molecule has 0 spiro atoms. The van der Waals surface area contributed by atoms with Crippen LogP contribution in [0.3, 0.4) is 0 Å². The van der Waals surface area contributed by atoms with Gasteiger partial charge in [-0.2, -0.15) is 0 Å². The number of methoxy groups -OCH3 is 1. The average molecular weight is 343 g/mol. The zero-order chi connectivity index (χ0) is 17.8. The SMILES string of the molecule is COCCN1C(C)CN(C(=O)c2ccccc2-n2ccnn2)CC1C. The van der Waals surface area contributed by atoms with Crippen LogP contribution in [0.15, 0.2) is 36.7 Å². The maximum atomic E-state index is 13.1. The van der Waals surface area contributed by atoms with Crippen LogP contribution in [0.1, 0.15) is 24.2 Å². The molecule has 2 heterocycles. The van der Waals surface area contributed by atoms with E-state index in [1.165, 1.54) is 0 Å². The van der Waals surface area contributed by atoms with Gasteiger partial charge in [0, 0.05) is 38.8 Å². The molecule has 1 fully saturated rings. The summed E-state index contributed by atoms with van der Waals surface area (Å²) in [5.74, 6) is 0.0381. The van der Waals surface area contributed by atoms with Crippen molar-refractivity contribution in [3.63, 3.8) is 0 Å². The summed E-state index contributed by atoms with van der Waals surface area (Å²) in [6.07, 6.45) is 3.36. The van der Waals surface area contributed by atoms with Gasteiger partial charge in [0.2, 0.25) is 0 Å². The maximum Gasteiger partial charge on any atom is 0.256 e. The number of carbonyl (C=O) groups excluding carboxylic acids is 1. The van der Waals surface area contributed by atoms with Gasteiger partial charge in [-0.3, -0.25) is 9.69 Å². The van der Waals surface area contributed by atoms with Crippen LogP contribution in [0, 0.1) is 0 Å². The molecule has 1 saturated heterocycles. The summed E-state index contributed by atoms with van der Waals surface area (Å²) in [5.41, 5.74) is 1.41. The van der Waals surface area contributed by atoms with Crippen molar-refractivity contribution in [2.45, 2.75) is 25.9 Å². The highest BCUT2D eigenvalue weighted by atomic mass is 16.5. The molecular weight excluding hydrogens is 318 g/mol. The molecule has 0 bridgehead atoms. The molecular formula is C18H25N5O2. The van der Waals surface area contributed by atoms with E-state index in [9.17, 15) is 4.79 Å². The van der Waals surface area contributed by atoms with Crippen LogP contribution in [-0.4, -0.2) is 76.1 Å². The van der Waals surface area contributed by atoms with E-state index in [1.807, 2.05) is 29.2 Å². The normalized spacial score (nSPS) is 21.5. The standard InChI is InChI=1S/C18H25N5O2/c1-14-12-21(13-15(2)22(14)10-11-25-3)18(24)16-6-4-5-7-17(16)23-9-8-19-20-23/h4-9,14-15H,10-13H2,1-3H3. The summed E-state index contributed by atoms with van der Waals surface area (Å²) in [6.45, 7) is 7.33. The van der Waals surface area contributed by atoms with Gasteiger partial charge in [-0.05, 0) is 26.0 Å². The number of benzene rings is 1. The number of carbonyl (C=O) groups is 1. The second-order valence-electron chi connectivity index (χ2n) is 6.50. The van der Waals surface area contributed by atoms with Gasteiger partial charge in [-0.25, -0.2) is 4.68 Å². The number of amides is 1. The zero-order valence-electron chi connectivity index (χ0n) is 15.0. The minimum absolute atomic E-state index is 0.0381. The highest BCUT2D eigenvalue weighted by Crippen LogP contribution is 2.21. The first kappa shape index (κ1) is 17.6. The van der Waals surface area contributed by atoms with Gasteiger partial charge in [0.1, 0.15) is 0 Å². The Balaban J connectivity index is 1.79. The summed E-state index contributed by atoms with van der Waals surface area (Å²) < 4.78 is 6.84. The molecule has 25 heavy (non-hydrogen) atoms. The molecule has 2 unspecified atom stereocenters. The molecule has 1 amide bonds. The van der Waals surface area contributed by atoms with E-state index in [2.05, 4.69) is 29.1 Å². The number of nitrogens with zero attached hydrogens (tertiary/aromatic N) is 5. The number of piperazine rings is 1. The molecule has 3 rings (SSSR count). The number of para-hydroxylation sites is 1. The van der Waals surface area contributed by atoms with Crippen LogP contribution in [0.25, 0.3) is 5.69 Å². The Labute approximate surface area is 148 Å². The predicted molar refractivity (Wildman–Crippen MR) is 94.8 cm³/mol. The molecule has 134 valence electrons. The Bertz CT molecular complexity index is 691. The molecule has 0 radical (unpaired) electrons. The fourth-order valence-corrected chi connectivity index (χ4v) is 3.52. The largest absolute Gasteiger partial charge is 0.383 e. The second-order valence-corrected chi connectivity index (χ2v) is 6.50. The topological polar surface area (TPSA) is 63.5 Å². The van der Waals surface area contributed by atoms with Gasteiger partial charge in [0.05, 0.1) is 30.3 Å². The van der Waals surface area contributed by atoms with Gasteiger partial charge < -0.3 is 9.64 Å². The molecule has 0 saturated carbocycles. The average Bonchev–Trinajstić information content (AvgIpc) is 3.15. The Kier molecular flexibility index (Phi) is 5.45. The summed E-state index contributed by atoms with van der Waals surface area (Å²) >= 11 is 0. The Hall–Kier alpha value is -2.25. The van der Waals surface area contributed by atoms with E-state index < -0.39 is 0 Å². The summed E-state index contributed by atoms with van der Waals surface area (Å²) in [7, 11) is 1.72. The minimum atomic E-state index is 0.0381. The van der Waals surface area contributed by atoms with E-state index in [4.69, 9.17) is 4.74 Å². The number of hydrogen-bond acceptors (Lipinski definition) is 5. The van der Waals surface area contributed by atoms with Crippen LogP contribution in [0.4, 0.5) is 0 Å². The van der Waals surface area contributed by atoms with E-state index in [0.29, 0.717) is 37.3 Å². The van der Waals surface area contributed by atoms with Crippen molar-refractivity contribution < 1.29 is 9.53 Å². The third-order valence-corrected chi connectivity index (χ3v) is 4.75. The summed E-state index contributed by atoms with van der Waals surface area (Å²) in [5, 5.41) is 7.87. The highest BCUT2D eigenvalue weighted by molar-refractivity contribution is 5.97. The van der Waals surface area contributed by atoms with Gasteiger partial charge in [0.25, 0.3) is 5.91 Å². The molecule has 0 aliphatic carbocycles. The first-order valence-corrected chi connectivity index (χ1v) is 8.61. The van der Waals surface area contributed by atoms with Gasteiger partial charge in [0.15, 0.2) is 0 Å². The Morgan fingerprint density at radius 2 is 1.96 bits per heavy atom. The molecule has 2 aromatic rings. The lowest BCUT2D eigenvalue weighted by atomic mass is 10.1. The number of aromatic nitrogens is 3. The highest BCUT2D eigenvalue weighted by Gasteiger charge is 2.32. The molecule has 1 aliphatic heterocycles. The molecule has 1 aromatic heterocycles. The molecule has 7 heteroatoms. The van der Waals surface area contributed by atoms with Crippen LogP contribution in [-0.2, 0) is 4.74 Å². The van der Waals surface area contributed by atoms with Crippen LogP contribution >= 0.6 is 0 Å². The summed E-state index contributed by atoms with van der Waals surface area (Å²) in [6, 6.07) is 8.12. The first-order valence-electron chi connectivity index (χ1n) is 8.61. The fraction of sp³-hybridized carbons (Fsp3) is 0.500. The van der Waals surface area contributed by atoms with Crippen molar-refractivity contribution in [3.8, 4) is 5.69 Å². The second kappa shape index (κ2) is 7.76. The Morgan fingerprint density at radius 3 is 2.60 bits per heavy atom. The lowest BCUT2D eigenvalue weighted by Crippen LogP contribution is -2.58. The molecule has 2 atom stereocenters. The maximum absolute atomic E-state index is 13.1. The Morgan fingerprint density at radius 1 is 1.24 bits per heavy atom. The van der Waals surface area contributed by atoms with E-state index in [1.54, 1.807) is 24.2 Å². The molecule has 7 nitrogen and oxygen atoms in total. The van der Waals surface area contributed by atoms with E-state index in [0.717, 1.165) is 12.2 Å². The van der Waals surface area contributed by atoms with Crippen molar-refractivity contribution in [2.75, 3.05) is 33.4 Å². The predicted octanol–water partition coefficient (Wildman–Crippen LogP) is 1.45. The first-order chi connectivity index (χ1) is 12.1. The van der Waals surface area contributed by atoms with Crippen molar-refractivity contribution in [1.82, 2.24) is 24.8 Å². The van der Waals surface area contributed by atoms with Gasteiger partial charge in [-0.15, -0.1) is 5.10 Å². The lowest BCUT2D eigenvalue weighted by molar-refractivity contribution is 0.0193. The van der Waals surface area contributed by atoms with E-state index in [-0.39, 0.29) is 5.91 Å². The fourth-order valence-electron chi connectivity index (χ4n) is 3.52. The van der Waals surface area contributed by atoms with Crippen LogP contribution in [0.2, 0.25) is 0 Å². The smallest absolute Gasteiger partial charge is 0.256 e. The number of hydrogen-bond donors (Lipinski definition) is 0. The third-order valence-electron chi connectivity index (χ3n) is 4.75. The quantitative estimate of drug-likeness (QED) is 0.822. The summed E-state index contributed by atoms with van der Waals surface area (Å²) in [4.78, 5) is 17.5. The number of ether oxygens (including phenoxy) is 1. The minimum Gasteiger partial charge on any atom is -0.383 e. The van der Waals surface area contributed by atoms with E-state index >= 15 is 0 Å². The molecule has 1 aliphatic rings. The third kappa shape index (κ3) is 3.72. The van der Waals surface area contributed by atoms with Crippen molar-refractivity contribution in [3.05, 3.63) is 42.2 Å². The van der Waals surface area contributed by atoms with Crippen molar-refractivity contribution in [2.24, 2.45) is 0 Å².